The van der Waals surface area contributed by atoms with Crippen LogP contribution in [0.5, 0.6) is 0 Å². The first-order valence-corrected chi connectivity index (χ1v) is 11.9. The molecule has 0 radical (unpaired) electrons. The van der Waals surface area contributed by atoms with Crippen LogP contribution in [0, 0.1) is 0 Å². The highest BCUT2D eigenvalue weighted by Crippen LogP contribution is 2.29. The van der Waals surface area contributed by atoms with E-state index in [9.17, 15) is 4.79 Å². The van der Waals surface area contributed by atoms with Gasteiger partial charge in [-0.15, -0.1) is 0 Å². The molecule has 3 aromatic rings. The number of rotatable bonds is 6. The summed E-state index contributed by atoms with van der Waals surface area (Å²) in [4.78, 5) is 30.5. The summed E-state index contributed by atoms with van der Waals surface area (Å²) in [7, 11) is 0. The summed E-state index contributed by atoms with van der Waals surface area (Å²) in [5, 5.41) is 0. The topological polar surface area (TPSA) is 70.9 Å². The summed E-state index contributed by atoms with van der Waals surface area (Å²) in [6.07, 6.45) is 1.62. The summed E-state index contributed by atoms with van der Waals surface area (Å²) in [5.41, 5.74) is 6.92. The molecule has 34 heavy (non-hydrogen) atoms. The normalized spacial score (nSPS) is 15.1. The van der Waals surface area contributed by atoms with E-state index >= 15 is 0 Å². The number of anilines is 1. The van der Waals surface area contributed by atoms with Crippen LogP contribution in [-0.4, -0.2) is 65.9 Å². The molecule has 5 rings (SSSR count). The van der Waals surface area contributed by atoms with Crippen LogP contribution in [0.1, 0.15) is 41.0 Å². The van der Waals surface area contributed by atoms with Crippen LogP contribution in [0.4, 0.5) is 5.82 Å². The van der Waals surface area contributed by atoms with Crippen molar-refractivity contribution >= 4 is 17.4 Å². The van der Waals surface area contributed by atoms with Gasteiger partial charge in [-0.1, -0.05) is 24.3 Å². The van der Waals surface area contributed by atoms with Crippen molar-refractivity contribution in [2.24, 2.45) is 4.99 Å². The SMILES string of the molecule is CCN(CC)C(=O)c1ccc(-c2ccc3c(c2)C(c2cc(N4CCOCC4)ncn2)=NC3)cc1. The molecule has 2 aliphatic rings. The molecule has 1 amide bonds. The number of morpholine rings is 1. The summed E-state index contributed by atoms with van der Waals surface area (Å²) >= 11 is 0. The van der Waals surface area contributed by atoms with E-state index in [-0.39, 0.29) is 5.91 Å². The Kier molecular flexibility index (Phi) is 6.36. The van der Waals surface area contributed by atoms with Crippen molar-refractivity contribution in [3.05, 3.63) is 77.2 Å². The minimum atomic E-state index is 0.0692. The molecule has 2 aliphatic heterocycles. The van der Waals surface area contributed by atoms with Gasteiger partial charge in [0.25, 0.3) is 5.91 Å². The molecule has 3 heterocycles. The Morgan fingerprint density at radius 3 is 2.44 bits per heavy atom. The molecule has 1 saturated heterocycles. The van der Waals surface area contributed by atoms with Crippen LogP contribution in [0.3, 0.4) is 0 Å². The molecule has 7 heteroatoms. The Labute approximate surface area is 200 Å². The van der Waals surface area contributed by atoms with E-state index in [2.05, 4.69) is 33.1 Å². The van der Waals surface area contributed by atoms with Gasteiger partial charge in [0.1, 0.15) is 12.1 Å². The summed E-state index contributed by atoms with van der Waals surface area (Å²) in [6.45, 7) is 9.16. The first kappa shape index (κ1) is 22.2. The molecule has 0 saturated carbocycles. The lowest BCUT2D eigenvalue weighted by molar-refractivity contribution is 0.0773. The Bertz CT molecular complexity index is 1210. The number of aromatic nitrogens is 2. The van der Waals surface area contributed by atoms with Gasteiger partial charge in [-0.05, 0) is 48.7 Å². The van der Waals surface area contributed by atoms with Crippen LogP contribution in [0.25, 0.3) is 11.1 Å². The second-order valence-corrected chi connectivity index (χ2v) is 8.45. The molecule has 0 aliphatic carbocycles. The Morgan fingerprint density at radius 1 is 0.971 bits per heavy atom. The zero-order valence-electron chi connectivity index (χ0n) is 19.7. The van der Waals surface area contributed by atoms with Gasteiger partial charge >= 0.3 is 0 Å². The lowest BCUT2D eigenvalue weighted by atomic mass is 9.96. The average molecular weight is 456 g/mol. The van der Waals surface area contributed by atoms with E-state index in [1.165, 1.54) is 5.56 Å². The molecule has 0 bridgehead atoms. The number of amides is 1. The van der Waals surface area contributed by atoms with E-state index in [4.69, 9.17) is 9.73 Å². The van der Waals surface area contributed by atoms with Crippen molar-refractivity contribution in [3.63, 3.8) is 0 Å². The molecule has 174 valence electrons. The second-order valence-electron chi connectivity index (χ2n) is 8.45. The smallest absolute Gasteiger partial charge is 0.253 e. The van der Waals surface area contributed by atoms with Crippen molar-refractivity contribution in [1.82, 2.24) is 14.9 Å². The zero-order valence-corrected chi connectivity index (χ0v) is 19.7. The van der Waals surface area contributed by atoms with E-state index < -0.39 is 0 Å². The number of nitrogens with zero attached hydrogens (tertiary/aromatic N) is 5. The summed E-state index contributed by atoms with van der Waals surface area (Å²) in [5.74, 6) is 0.980. The monoisotopic (exact) mass is 455 g/mol. The maximum atomic E-state index is 12.6. The third-order valence-electron chi connectivity index (χ3n) is 6.52. The van der Waals surface area contributed by atoms with Gasteiger partial charge in [0.15, 0.2) is 0 Å². The summed E-state index contributed by atoms with van der Waals surface area (Å²) in [6, 6.07) is 16.3. The average Bonchev–Trinajstić information content (AvgIpc) is 3.33. The Morgan fingerprint density at radius 2 is 1.71 bits per heavy atom. The van der Waals surface area contributed by atoms with Crippen molar-refractivity contribution < 1.29 is 9.53 Å². The Hall–Kier alpha value is -3.58. The molecule has 1 fully saturated rings. The van der Waals surface area contributed by atoms with Crippen molar-refractivity contribution in [3.8, 4) is 11.1 Å². The molecule has 2 aromatic carbocycles. The molecular formula is C27H29N5O2. The predicted octanol–water partition coefficient (Wildman–Crippen LogP) is 3.81. The zero-order chi connectivity index (χ0) is 23.5. The van der Waals surface area contributed by atoms with Gasteiger partial charge < -0.3 is 14.5 Å². The van der Waals surface area contributed by atoms with Gasteiger partial charge in [-0.3, -0.25) is 9.79 Å². The Balaban J connectivity index is 1.41. The second kappa shape index (κ2) is 9.73. The molecule has 0 N–H and O–H groups in total. The summed E-state index contributed by atoms with van der Waals surface area (Å²) < 4.78 is 5.47. The maximum absolute atomic E-state index is 12.6. The lowest BCUT2D eigenvalue weighted by Crippen LogP contribution is -2.36. The quantitative estimate of drug-likeness (QED) is 0.565. The van der Waals surface area contributed by atoms with Crippen LogP contribution < -0.4 is 4.90 Å². The third-order valence-corrected chi connectivity index (χ3v) is 6.52. The third kappa shape index (κ3) is 4.31. The van der Waals surface area contributed by atoms with Crippen molar-refractivity contribution in [2.45, 2.75) is 20.4 Å². The van der Waals surface area contributed by atoms with Gasteiger partial charge in [0.05, 0.1) is 31.2 Å². The maximum Gasteiger partial charge on any atom is 0.253 e. The van der Waals surface area contributed by atoms with Gasteiger partial charge in [0, 0.05) is 43.4 Å². The first-order chi connectivity index (χ1) is 16.7. The predicted molar refractivity (Wildman–Crippen MR) is 134 cm³/mol. The standard InChI is InChI=1S/C27H29N5O2/c1-3-31(4-2)27(33)20-7-5-19(6-8-20)21-9-10-22-17-28-26(23(22)15-21)24-16-25(30-18-29-24)32-11-13-34-14-12-32/h5-10,15-16,18H,3-4,11-14,17H2,1-2H3. The van der Waals surface area contributed by atoms with Crippen LogP contribution >= 0.6 is 0 Å². The first-order valence-electron chi connectivity index (χ1n) is 11.9. The highest BCUT2D eigenvalue weighted by Gasteiger charge is 2.21. The van der Waals surface area contributed by atoms with E-state index in [1.807, 2.05) is 49.1 Å². The number of hydrogen-bond acceptors (Lipinski definition) is 6. The van der Waals surface area contributed by atoms with Crippen LogP contribution in [-0.2, 0) is 11.3 Å². The van der Waals surface area contributed by atoms with Crippen molar-refractivity contribution in [1.29, 1.82) is 0 Å². The number of fused-ring (bicyclic) bond motifs is 1. The number of aliphatic imine (C=N–C) groups is 1. The van der Waals surface area contributed by atoms with Crippen molar-refractivity contribution in [2.75, 3.05) is 44.3 Å². The van der Waals surface area contributed by atoms with Gasteiger partial charge in [0.2, 0.25) is 0 Å². The fraction of sp³-hybridized carbons (Fsp3) is 0.333. The molecular weight excluding hydrogens is 426 g/mol. The number of ether oxygens (including phenoxy) is 1. The highest BCUT2D eigenvalue weighted by atomic mass is 16.5. The largest absolute Gasteiger partial charge is 0.378 e. The lowest BCUT2D eigenvalue weighted by Gasteiger charge is -2.27. The molecule has 1 aromatic heterocycles. The van der Waals surface area contributed by atoms with Crippen LogP contribution in [0.15, 0.2) is 59.9 Å². The molecule has 0 unspecified atom stereocenters. The number of hydrogen-bond donors (Lipinski definition) is 0. The van der Waals surface area contributed by atoms with Crippen LogP contribution in [0.2, 0.25) is 0 Å². The fourth-order valence-electron chi connectivity index (χ4n) is 4.52. The number of carbonyl (C=O) groups is 1. The molecule has 7 nitrogen and oxygen atoms in total. The van der Waals surface area contributed by atoms with Gasteiger partial charge in [-0.2, -0.15) is 0 Å². The van der Waals surface area contributed by atoms with E-state index in [0.29, 0.717) is 38.4 Å². The number of carbonyl (C=O) groups excluding carboxylic acids is 1. The minimum Gasteiger partial charge on any atom is -0.378 e. The molecule has 0 atom stereocenters. The fourth-order valence-corrected chi connectivity index (χ4v) is 4.52. The highest BCUT2D eigenvalue weighted by molar-refractivity contribution is 6.14. The number of benzene rings is 2. The van der Waals surface area contributed by atoms with E-state index in [0.717, 1.165) is 47.0 Å². The minimum absolute atomic E-state index is 0.0692. The molecule has 0 spiro atoms. The van der Waals surface area contributed by atoms with Gasteiger partial charge in [-0.25, -0.2) is 9.97 Å². The van der Waals surface area contributed by atoms with E-state index in [1.54, 1.807) is 6.33 Å².